The zero-order chi connectivity index (χ0) is 9.26. The van der Waals surface area contributed by atoms with E-state index in [2.05, 4.69) is 4.98 Å². The number of thiazole rings is 1. The minimum absolute atomic E-state index is 0.0696. The quantitative estimate of drug-likeness (QED) is 0.745. The number of aliphatic hydroxyl groups is 1. The summed E-state index contributed by atoms with van der Waals surface area (Å²) < 4.78 is 5.37. The maximum atomic E-state index is 9.82. The van der Waals surface area contributed by atoms with Gasteiger partial charge in [-0.05, 0) is 12.8 Å². The number of rotatable bonds is 2. The van der Waals surface area contributed by atoms with E-state index in [1.807, 2.05) is 0 Å². The van der Waals surface area contributed by atoms with E-state index in [1.165, 1.54) is 11.3 Å². The van der Waals surface area contributed by atoms with Crippen molar-refractivity contribution in [3.05, 3.63) is 11.1 Å². The Morgan fingerprint density at radius 1 is 1.77 bits per heavy atom. The molecular weight excluding hydrogens is 188 g/mol. The first-order chi connectivity index (χ1) is 6.27. The SMILES string of the molecule is Nc1ncc(C(O)C2CCCO2)s1. The molecule has 1 saturated heterocycles. The molecule has 0 amide bonds. The van der Waals surface area contributed by atoms with Gasteiger partial charge in [0.25, 0.3) is 0 Å². The molecule has 5 heteroatoms. The van der Waals surface area contributed by atoms with Crippen LogP contribution in [0.4, 0.5) is 5.13 Å². The van der Waals surface area contributed by atoms with Crippen LogP contribution in [0.3, 0.4) is 0 Å². The fraction of sp³-hybridized carbons (Fsp3) is 0.625. The van der Waals surface area contributed by atoms with Gasteiger partial charge in [0.2, 0.25) is 0 Å². The highest BCUT2D eigenvalue weighted by molar-refractivity contribution is 7.15. The van der Waals surface area contributed by atoms with Crippen molar-refractivity contribution in [2.45, 2.75) is 25.0 Å². The predicted molar refractivity (Wildman–Crippen MR) is 50.5 cm³/mol. The molecule has 4 nitrogen and oxygen atoms in total. The molecule has 72 valence electrons. The van der Waals surface area contributed by atoms with Crippen molar-refractivity contribution in [3.8, 4) is 0 Å². The Morgan fingerprint density at radius 3 is 3.15 bits per heavy atom. The topological polar surface area (TPSA) is 68.4 Å². The summed E-state index contributed by atoms with van der Waals surface area (Å²) in [6.45, 7) is 0.746. The van der Waals surface area contributed by atoms with Gasteiger partial charge in [-0.2, -0.15) is 0 Å². The molecule has 0 aromatic carbocycles. The van der Waals surface area contributed by atoms with Crippen molar-refractivity contribution < 1.29 is 9.84 Å². The number of aromatic nitrogens is 1. The predicted octanol–water partition coefficient (Wildman–Crippen LogP) is 0.938. The van der Waals surface area contributed by atoms with Crippen LogP contribution in [0.5, 0.6) is 0 Å². The van der Waals surface area contributed by atoms with E-state index in [-0.39, 0.29) is 6.10 Å². The third-order valence-electron chi connectivity index (χ3n) is 2.15. The number of nitrogen functional groups attached to an aromatic ring is 1. The van der Waals surface area contributed by atoms with Crippen LogP contribution in [0, 0.1) is 0 Å². The van der Waals surface area contributed by atoms with Crippen LogP contribution in [-0.4, -0.2) is 22.8 Å². The van der Waals surface area contributed by atoms with Crippen LogP contribution in [0.25, 0.3) is 0 Å². The minimum Gasteiger partial charge on any atom is -0.385 e. The molecule has 2 rings (SSSR count). The fourth-order valence-corrected chi connectivity index (χ4v) is 2.20. The van der Waals surface area contributed by atoms with Crippen molar-refractivity contribution in [2.24, 2.45) is 0 Å². The molecule has 1 aromatic heterocycles. The monoisotopic (exact) mass is 200 g/mol. The second-order valence-corrected chi connectivity index (χ2v) is 4.19. The molecule has 1 aliphatic heterocycles. The summed E-state index contributed by atoms with van der Waals surface area (Å²) in [6.07, 6.45) is 2.93. The Balaban J connectivity index is 2.07. The first-order valence-corrected chi connectivity index (χ1v) is 5.10. The molecule has 1 aromatic rings. The Morgan fingerprint density at radius 2 is 2.62 bits per heavy atom. The average Bonchev–Trinajstić information content (AvgIpc) is 2.72. The van der Waals surface area contributed by atoms with Crippen LogP contribution in [-0.2, 0) is 4.74 Å². The number of aliphatic hydroxyl groups excluding tert-OH is 1. The molecule has 0 aliphatic carbocycles. The summed E-state index contributed by atoms with van der Waals surface area (Å²) in [6, 6.07) is 0. The van der Waals surface area contributed by atoms with E-state index in [9.17, 15) is 5.11 Å². The van der Waals surface area contributed by atoms with Crippen molar-refractivity contribution in [2.75, 3.05) is 12.3 Å². The third kappa shape index (κ3) is 1.82. The molecule has 0 radical (unpaired) electrons. The van der Waals surface area contributed by atoms with Crippen molar-refractivity contribution >= 4 is 16.5 Å². The lowest BCUT2D eigenvalue weighted by Crippen LogP contribution is -2.15. The van der Waals surface area contributed by atoms with Gasteiger partial charge in [0, 0.05) is 12.8 Å². The number of anilines is 1. The van der Waals surface area contributed by atoms with Crippen LogP contribution < -0.4 is 5.73 Å². The van der Waals surface area contributed by atoms with E-state index in [0.29, 0.717) is 5.13 Å². The maximum Gasteiger partial charge on any atom is 0.180 e. The van der Waals surface area contributed by atoms with E-state index in [1.54, 1.807) is 6.20 Å². The van der Waals surface area contributed by atoms with Crippen LogP contribution >= 0.6 is 11.3 Å². The summed E-state index contributed by atoms with van der Waals surface area (Å²) in [4.78, 5) is 4.69. The molecule has 1 fully saturated rings. The molecule has 1 aliphatic rings. The first kappa shape index (κ1) is 8.93. The van der Waals surface area contributed by atoms with E-state index in [4.69, 9.17) is 10.5 Å². The van der Waals surface area contributed by atoms with Crippen LogP contribution in [0.2, 0.25) is 0 Å². The van der Waals surface area contributed by atoms with Crippen molar-refractivity contribution in [1.82, 2.24) is 4.98 Å². The Hall–Kier alpha value is -0.650. The Kier molecular flexibility index (Phi) is 2.48. The number of hydrogen-bond acceptors (Lipinski definition) is 5. The fourth-order valence-electron chi connectivity index (χ4n) is 1.47. The molecule has 2 unspecified atom stereocenters. The second-order valence-electron chi connectivity index (χ2n) is 3.10. The van der Waals surface area contributed by atoms with Gasteiger partial charge in [-0.15, -0.1) is 0 Å². The zero-order valence-corrected chi connectivity index (χ0v) is 7.96. The summed E-state index contributed by atoms with van der Waals surface area (Å²) in [5, 5.41) is 10.3. The highest BCUT2D eigenvalue weighted by atomic mass is 32.1. The smallest absolute Gasteiger partial charge is 0.180 e. The van der Waals surface area contributed by atoms with E-state index in [0.717, 1.165) is 24.3 Å². The second kappa shape index (κ2) is 3.61. The highest BCUT2D eigenvalue weighted by Gasteiger charge is 2.26. The van der Waals surface area contributed by atoms with Gasteiger partial charge in [0.1, 0.15) is 6.10 Å². The summed E-state index contributed by atoms with van der Waals surface area (Å²) in [7, 11) is 0. The number of hydrogen-bond donors (Lipinski definition) is 2. The third-order valence-corrected chi connectivity index (χ3v) is 3.05. The van der Waals surface area contributed by atoms with Gasteiger partial charge in [-0.25, -0.2) is 4.98 Å². The van der Waals surface area contributed by atoms with Crippen molar-refractivity contribution in [3.63, 3.8) is 0 Å². The molecule has 0 spiro atoms. The molecule has 13 heavy (non-hydrogen) atoms. The number of nitrogens with two attached hydrogens (primary N) is 1. The Bertz CT molecular complexity index is 283. The lowest BCUT2D eigenvalue weighted by atomic mass is 10.1. The van der Waals surface area contributed by atoms with Gasteiger partial charge in [-0.3, -0.25) is 0 Å². The van der Waals surface area contributed by atoms with Crippen molar-refractivity contribution in [1.29, 1.82) is 0 Å². The first-order valence-electron chi connectivity index (χ1n) is 4.28. The highest BCUT2D eigenvalue weighted by Crippen LogP contribution is 2.30. The standard InChI is InChI=1S/C8H12N2O2S/c9-8-10-4-6(13-8)7(11)5-2-1-3-12-5/h4-5,7,11H,1-3H2,(H2,9,10). The van der Waals surface area contributed by atoms with Gasteiger partial charge >= 0.3 is 0 Å². The van der Waals surface area contributed by atoms with Gasteiger partial charge in [0.15, 0.2) is 5.13 Å². The Labute approximate surface area is 80.4 Å². The summed E-state index contributed by atoms with van der Waals surface area (Å²) >= 11 is 1.32. The van der Waals surface area contributed by atoms with Crippen LogP contribution in [0.15, 0.2) is 6.20 Å². The van der Waals surface area contributed by atoms with Gasteiger partial charge in [-0.1, -0.05) is 11.3 Å². The van der Waals surface area contributed by atoms with Gasteiger partial charge < -0.3 is 15.6 Å². The lowest BCUT2D eigenvalue weighted by molar-refractivity contribution is -0.000869. The van der Waals surface area contributed by atoms with Gasteiger partial charge in [0.05, 0.1) is 11.0 Å². The van der Waals surface area contributed by atoms with Crippen LogP contribution in [0.1, 0.15) is 23.8 Å². The molecular formula is C8H12N2O2S. The molecule has 3 N–H and O–H groups in total. The summed E-state index contributed by atoms with van der Waals surface area (Å²) in [5.41, 5.74) is 5.47. The largest absolute Gasteiger partial charge is 0.385 e. The molecule has 0 bridgehead atoms. The lowest BCUT2D eigenvalue weighted by Gasteiger charge is -2.14. The normalized spacial score (nSPS) is 24.8. The maximum absolute atomic E-state index is 9.82. The average molecular weight is 200 g/mol. The zero-order valence-electron chi connectivity index (χ0n) is 7.14. The summed E-state index contributed by atoms with van der Waals surface area (Å²) in [5.74, 6) is 0. The van der Waals surface area contributed by atoms with E-state index < -0.39 is 6.10 Å². The molecule has 2 heterocycles. The molecule has 0 saturated carbocycles. The minimum atomic E-state index is -0.558. The number of nitrogens with zero attached hydrogens (tertiary/aromatic N) is 1. The molecule has 2 atom stereocenters. The number of ether oxygens (including phenoxy) is 1. The van der Waals surface area contributed by atoms with E-state index >= 15 is 0 Å².